The molecule has 0 aromatic heterocycles. The first-order valence-electron chi connectivity index (χ1n) is 4.74. The second kappa shape index (κ2) is 3.62. The average Bonchev–Trinajstić information content (AvgIpc) is 1.79. The molecule has 1 nitrogen and oxygen atoms in total. The highest BCUT2D eigenvalue weighted by Crippen LogP contribution is 2.38. The van der Waals surface area contributed by atoms with Gasteiger partial charge in [0.15, 0.2) is 0 Å². The normalized spacial score (nSPS) is 30.6. The number of rotatable bonds is 1. The van der Waals surface area contributed by atoms with E-state index >= 15 is 0 Å². The molecule has 0 aliphatic carbocycles. The highest BCUT2D eigenvalue weighted by molar-refractivity contribution is 6.24. The Bertz CT molecular complexity index is 205. The molecule has 1 aliphatic rings. The van der Waals surface area contributed by atoms with Crippen LogP contribution in [-0.4, -0.2) is 18.1 Å². The lowest BCUT2D eigenvalue weighted by Gasteiger charge is -2.37. The summed E-state index contributed by atoms with van der Waals surface area (Å²) in [6.45, 7) is 11.9. The van der Waals surface area contributed by atoms with Crippen LogP contribution in [0.5, 0.6) is 0 Å². The fraction of sp³-hybridized carbons (Fsp3) is 0.818. The van der Waals surface area contributed by atoms with Crippen molar-refractivity contribution in [3.8, 4) is 0 Å². The van der Waals surface area contributed by atoms with Gasteiger partial charge in [0, 0.05) is 0 Å². The van der Waals surface area contributed by atoms with Gasteiger partial charge in [-0.15, -0.1) is 11.6 Å². The van der Waals surface area contributed by atoms with Crippen LogP contribution in [0.2, 0.25) is 0 Å². The maximum absolute atomic E-state index is 6.47. The molecular formula is C11H19ClO. The number of hydrogen-bond donors (Lipinski definition) is 0. The summed E-state index contributed by atoms with van der Waals surface area (Å²) < 4.78 is 5.41. The van der Waals surface area contributed by atoms with E-state index in [-0.39, 0.29) is 10.3 Å². The van der Waals surface area contributed by atoms with Crippen molar-refractivity contribution in [3.63, 3.8) is 0 Å². The Morgan fingerprint density at radius 1 is 1.54 bits per heavy atom. The SMILES string of the molecule is C=C1COCC(Cl)(CC(C)(C)C)C1. The average molecular weight is 203 g/mol. The summed E-state index contributed by atoms with van der Waals surface area (Å²) in [7, 11) is 0. The summed E-state index contributed by atoms with van der Waals surface area (Å²) in [5.41, 5.74) is 1.37. The summed E-state index contributed by atoms with van der Waals surface area (Å²) in [6.07, 6.45) is 1.87. The molecule has 0 saturated carbocycles. The van der Waals surface area contributed by atoms with E-state index in [2.05, 4.69) is 27.4 Å². The summed E-state index contributed by atoms with van der Waals surface area (Å²) in [4.78, 5) is -0.215. The maximum Gasteiger partial charge on any atom is 0.0722 e. The quantitative estimate of drug-likeness (QED) is 0.468. The monoisotopic (exact) mass is 202 g/mol. The fourth-order valence-corrected chi connectivity index (χ4v) is 2.66. The van der Waals surface area contributed by atoms with E-state index in [0.29, 0.717) is 13.2 Å². The Balaban J connectivity index is 2.59. The van der Waals surface area contributed by atoms with Crippen LogP contribution in [0.3, 0.4) is 0 Å². The molecule has 0 radical (unpaired) electrons. The third-order valence-electron chi connectivity index (χ3n) is 2.08. The molecule has 2 heteroatoms. The van der Waals surface area contributed by atoms with Gasteiger partial charge >= 0.3 is 0 Å². The first-order valence-corrected chi connectivity index (χ1v) is 5.12. The van der Waals surface area contributed by atoms with Crippen LogP contribution in [0.4, 0.5) is 0 Å². The van der Waals surface area contributed by atoms with Gasteiger partial charge in [0.1, 0.15) is 0 Å². The third kappa shape index (κ3) is 3.70. The number of halogens is 1. The molecule has 1 unspecified atom stereocenters. The Labute approximate surface area is 86.1 Å². The van der Waals surface area contributed by atoms with E-state index in [1.165, 1.54) is 0 Å². The maximum atomic E-state index is 6.47. The van der Waals surface area contributed by atoms with Crippen molar-refractivity contribution >= 4 is 11.6 Å². The smallest absolute Gasteiger partial charge is 0.0722 e. The second-order valence-corrected chi connectivity index (χ2v) is 6.11. The van der Waals surface area contributed by atoms with Crippen LogP contribution in [0.25, 0.3) is 0 Å². The van der Waals surface area contributed by atoms with Gasteiger partial charge in [0.25, 0.3) is 0 Å². The molecule has 0 amide bonds. The summed E-state index contributed by atoms with van der Waals surface area (Å²) in [5, 5.41) is 0. The molecule has 76 valence electrons. The summed E-state index contributed by atoms with van der Waals surface area (Å²) in [6, 6.07) is 0. The van der Waals surface area contributed by atoms with E-state index in [0.717, 1.165) is 18.4 Å². The summed E-state index contributed by atoms with van der Waals surface area (Å²) >= 11 is 6.47. The van der Waals surface area contributed by atoms with Crippen molar-refractivity contribution in [2.45, 2.75) is 38.5 Å². The Kier molecular flexibility index (Phi) is 3.09. The predicted octanol–water partition coefficient (Wildman–Crippen LogP) is 3.38. The molecule has 1 saturated heterocycles. The first kappa shape index (κ1) is 11.1. The van der Waals surface area contributed by atoms with E-state index in [4.69, 9.17) is 16.3 Å². The number of alkyl halides is 1. The predicted molar refractivity (Wildman–Crippen MR) is 57.2 cm³/mol. The Morgan fingerprint density at radius 3 is 2.62 bits per heavy atom. The van der Waals surface area contributed by atoms with Crippen molar-refractivity contribution in [3.05, 3.63) is 12.2 Å². The highest BCUT2D eigenvalue weighted by atomic mass is 35.5. The molecule has 0 N–H and O–H groups in total. The molecule has 0 spiro atoms. The first-order chi connectivity index (χ1) is 5.81. The molecule has 0 aromatic carbocycles. The van der Waals surface area contributed by atoms with E-state index < -0.39 is 0 Å². The van der Waals surface area contributed by atoms with Gasteiger partial charge in [-0.3, -0.25) is 0 Å². The minimum Gasteiger partial charge on any atom is -0.375 e. The van der Waals surface area contributed by atoms with Crippen molar-refractivity contribution in [2.24, 2.45) is 5.41 Å². The highest BCUT2D eigenvalue weighted by Gasteiger charge is 2.35. The van der Waals surface area contributed by atoms with Crippen molar-refractivity contribution in [2.75, 3.05) is 13.2 Å². The second-order valence-electron chi connectivity index (χ2n) is 5.31. The zero-order chi connectivity index (χ0) is 10.1. The minimum atomic E-state index is -0.215. The molecule has 0 bridgehead atoms. The van der Waals surface area contributed by atoms with Gasteiger partial charge in [-0.2, -0.15) is 0 Å². The van der Waals surface area contributed by atoms with Crippen molar-refractivity contribution in [1.82, 2.24) is 0 Å². The van der Waals surface area contributed by atoms with Crippen LogP contribution in [0.1, 0.15) is 33.6 Å². The molecule has 1 atom stereocenters. The molecule has 1 rings (SSSR count). The van der Waals surface area contributed by atoms with E-state index in [1.54, 1.807) is 0 Å². The zero-order valence-corrected chi connectivity index (χ0v) is 9.58. The number of ether oxygens (including phenoxy) is 1. The lowest BCUT2D eigenvalue weighted by molar-refractivity contribution is 0.0830. The summed E-state index contributed by atoms with van der Waals surface area (Å²) in [5.74, 6) is 0. The minimum absolute atomic E-state index is 0.215. The Hall–Kier alpha value is -0.0100. The van der Waals surface area contributed by atoms with Gasteiger partial charge < -0.3 is 4.74 Å². The topological polar surface area (TPSA) is 9.23 Å². The molecule has 1 heterocycles. The fourth-order valence-electron chi connectivity index (χ4n) is 1.99. The van der Waals surface area contributed by atoms with Gasteiger partial charge in [0.05, 0.1) is 18.1 Å². The van der Waals surface area contributed by atoms with Gasteiger partial charge in [-0.1, -0.05) is 32.9 Å². The van der Waals surface area contributed by atoms with Gasteiger partial charge in [-0.05, 0) is 18.3 Å². The van der Waals surface area contributed by atoms with Gasteiger partial charge in [-0.25, -0.2) is 0 Å². The zero-order valence-electron chi connectivity index (χ0n) is 8.82. The molecule has 1 aliphatic heterocycles. The standard InChI is InChI=1S/C11H19ClO/c1-9-5-11(12,8-13-6-9)7-10(2,3)4/h1,5-8H2,2-4H3. The lowest BCUT2D eigenvalue weighted by atomic mass is 9.81. The largest absolute Gasteiger partial charge is 0.375 e. The lowest BCUT2D eigenvalue weighted by Crippen LogP contribution is -2.37. The van der Waals surface area contributed by atoms with E-state index in [1.807, 2.05) is 0 Å². The van der Waals surface area contributed by atoms with E-state index in [9.17, 15) is 0 Å². The molecule has 13 heavy (non-hydrogen) atoms. The molecular weight excluding hydrogens is 184 g/mol. The van der Waals surface area contributed by atoms with Crippen LogP contribution >= 0.6 is 11.6 Å². The van der Waals surface area contributed by atoms with Crippen LogP contribution in [0.15, 0.2) is 12.2 Å². The third-order valence-corrected chi connectivity index (χ3v) is 2.46. The Morgan fingerprint density at radius 2 is 2.15 bits per heavy atom. The number of hydrogen-bond acceptors (Lipinski definition) is 1. The van der Waals surface area contributed by atoms with Crippen LogP contribution < -0.4 is 0 Å². The molecule has 1 fully saturated rings. The van der Waals surface area contributed by atoms with Crippen molar-refractivity contribution in [1.29, 1.82) is 0 Å². The molecule has 0 aromatic rings. The van der Waals surface area contributed by atoms with Crippen molar-refractivity contribution < 1.29 is 4.74 Å². The van der Waals surface area contributed by atoms with Gasteiger partial charge in [0.2, 0.25) is 0 Å². The van der Waals surface area contributed by atoms with Crippen LogP contribution in [-0.2, 0) is 4.74 Å². The van der Waals surface area contributed by atoms with Crippen LogP contribution in [0, 0.1) is 5.41 Å².